The van der Waals surface area contributed by atoms with E-state index >= 15 is 0 Å². The number of alkyl halides is 2. The first-order valence-electron chi connectivity index (χ1n) is 3.98. The summed E-state index contributed by atoms with van der Waals surface area (Å²) in [5.41, 5.74) is -0.0457. The molecule has 0 saturated carbocycles. The number of aromatic carboxylic acids is 1. The van der Waals surface area contributed by atoms with Crippen molar-refractivity contribution < 1.29 is 18.7 Å². The number of fused-ring (bicyclic) bond motifs is 1. The van der Waals surface area contributed by atoms with Crippen molar-refractivity contribution >= 4 is 27.4 Å². The van der Waals surface area contributed by atoms with Crippen LogP contribution in [0.5, 0.6) is 0 Å². The number of pyridine rings is 1. The second-order valence-electron chi connectivity index (χ2n) is 2.85. The molecule has 2 rings (SSSR count). The highest BCUT2D eigenvalue weighted by Gasteiger charge is 2.16. The van der Waals surface area contributed by atoms with E-state index in [4.69, 9.17) is 5.11 Å². The Kier molecular flexibility index (Phi) is 2.36. The first-order valence-corrected chi connectivity index (χ1v) is 4.80. The van der Waals surface area contributed by atoms with Crippen LogP contribution in [0.25, 0.3) is 10.1 Å². The summed E-state index contributed by atoms with van der Waals surface area (Å²) in [7, 11) is 0. The third-order valence-electron chi connectivity index (χ3n) is 1.91. The van der Waals surface area contributed by atoms with Gasteiger partial charge in [0.05, 0.1) is 15.1 Å². The van der Waals surface area contributed by atoms with Crippen LogP contribution in [0, 0.1) is 0 Å². The van der Waals surface area contributed by atoms with Gasteiger partial charge in [-0.25, -0.2) is 13.6 Å². The second-order valence-corrected chi connectivity index (χ2v) is 3.97. The predicted octanol–water partition coefficient (Wildman–Crippen LogP) is 2.93. The first-order chi connectivity index (χ1) is 7.09. The molecule has 0 fully saturated rings. The number of halogens is 2. The van der Waals surface area contributed by atoms with E-state index < -0.39 is 12.4 Å². The molecule has 0 amide bonds. The van der Waals surface area contributed by atoms with Crippen LogP contribution in [0.3, 0.4) is 0 Å². The van der Waals surface area contributed by atoms with E-state index in [9.17, 15) is 13.6 Å². The molecule has 0 radical (unpaired) electrons. The number of carbonyl (C=O) groups is 1. The van der Waals surface area contributed by atoms with Crippen LogP contribution in [0.4, 0.5) is 8.78 Å². The number of hydrogen-bond acceptors (Lipinski definition) is 3. The fourth-order valence-corrected chi connectivity index (χ4v) is 2.17. The molecular weight excluding hydrogens is 224 g/mol. The molecule has 0 spiro atoms. The minimum atomic E-state index is -2.58. The van der Waals surface area contributed by atoms with Crippen molar-refractivity contribution in [2.75, 3.05) is 0 Å². The lowest BCUT2D eigenvalue weighted by atomic mass is 10.2. The number of rotatable bonds is 2. The van der Waals surface area contributed by atoms with Gasteiger partial charge in [-0.2, -0.15) is 0 Å². The van der Waals surface area contributed by atoms with Crippen molar-refractivity contribution in [3.05, 3.63) is 28.9 Å². The molecule has 0 atom stereocenters. The average Bonchev–Trinajstić information content (AvgIpc) is 2.60. The van der Waals surface area contributed by atoms with E-state index in [1.165, 1.54) is 12.3 Å². The predicted molar refractivity (Wildman–Crippen MR) is 51.5 cm³/mol. The summed E-state index contributed by atoms with van der Waals surface area (Å²) >= 11 is 0.861. The lowest BCUT2D eigenvalue weighted by Gasteiger charge is -1.94. The van der Waals surface area contributed by atoms with Crippen molar-refractivity contribution in [3.63, 3.8) is 0 Å². The monoisotopic (exact) mass is 229 g/mol. The highest BCUT2D eigenvalue weighted by Crippen LogP contribution is 2.33. The summed E-state index contributed by atoms with van der Waals surface area (Å²) in [5, 5.41) is 9.13. The average molecular weight is 229 g/mol. The Morgan fingerprint density at radius 2 is 2.20 bits per heavy atom. The van der Waals surface area contributed by atoms with Crippen LogP contribution in [-0.4, -0.2) is 16.1 Å². The first kappa shape index (κ1) is 9.97. The Balaban J connectivity index is 2.70. The smallest absolute Gasteiger partial charge is 0.337 e. The lowest BCUT2D eigenvalue weighted by Crippen LogP contribution is -1.96. The van der Waals surface area contributed by atoms with Crippen LogP contribution in [0.1, 0.15) is 21.7 Å². The molecule has 0 aromatic carbocycles. The molecule has 0 aliphatic carbocycles. The van der Waals surface area contributed by atoms with Gasteiger partial charge in [-0.05, 0) is 6.07 Å². The van der Waals surface area contributed by atoms with Crippen LogP contribution < -0.4 is 0 Å². The summed E-state index contributed by atoms with van der Waals surface area (Å²) in [6.45, 7) is 0. The molecule has 2 aromatic heterocycles. The normalized spacial score (nSPS) is 11.1. The van der Waals surface area contributed by atoms with Gasteiger partial charge in [0.1, 0.15) is 0 Å². The molecule has 2 aromatic rings. The molecule has 0 unspecified atom stereocenters. The number of nitrogens with zero attached hydrogens (tertiary/aromatic N) is 1. The van der Waals surface area contributed by atoms with Gasteiger partial charge in [0, 0.05) is 17.8 Å². The Hall–Kier alpha value is -1.56. The fraction of sp³-hybridized carbons (Fsp3) is 0.111. The number of carboxylic acid groups (broad SMARTS) is 1. The van der Waals surface area contributed by atoms with Crippen LogP contribution in [0.15, 0.2) is 18.5 Å². The largest absolute Gasteiger partial charge is 0.478 e. The maximum absolute atomic E-state index is 12.4. The van der Waals surface area contributed by atoms with Crippen molar-refractivity contribution in [1.82, 2.24) is 4.98 Å². The van der Waals surface area contributed by atoms with Gasteiger partial charge in [-0.15, -0.1) is 11.3 Å². The number of thiophene rings is 1. The van der Waals surface area contributed by atoms with Gasteiger partial charge >= 0.3 is 5.97 Å². The van der Waals surface area contributed by atoms with Crippen molar-refractivity contribution in [2.24, 2.45) is 0 Å². The molecule has 0 aliphatic rings. The third-order valence-corrected chi connectivity index (χ3v) is 2.99. The number of aromatic nitrogens is 1. The minimum absolute atomic E-state index is 0.0457. The molecule has 78 valence electrons. The van der Waals surface area contributed by atoms with Crippen LogP contribution >= 0.6 is 11.3 Å². The Labute approximate surface area is 87.0 Å². The number of carboxylic acids is 1. The van der Waals surface area contributed by atoms with E-state index in [-0.39, 0.29) is 10.4 Å². The van der Waals surface area contributed by atoms with Crippen molar-refractivity contribution in [2.45, 2.75) is 6.43 Å². The highest BCUT2D eigenvalue weighted by molar-refractivity contribution is 7.19. The summed E-state index contributed by atoms with van der Waals surface area (Å²) in [5.74, 6) is -1.16. The molecule has 3 nitrogen and oxygen atoms in total. The summed E-state index contributed by atoms with van der Waals surface area (Å²) in [6, 6.07) is 1.20. The van der Waals surface area contributed by atoms with E-state index in [0.717, 1.165) is 17.5 Å². The lowest BCUT2D eigenvalue weighted by molar-refractivity contribution is 0.0698. The topological polar surface area (TPSA) is 50.2 Å². The van der Waals surface area contributed by atoms with E-state index in [0.29, 0.717) is 10.1 Å². The molecule has 0 bridgehead atoms. The van der Waals surface area contributed by atoms with Gasteiger partial charge in [0.15, 0.2) is 0 Å². The molecule has 1 N–H and O–H groups in total. The SMILES string of the molecule is O=C(O)c1cncc2sc(C(F)F)cc12. The zero-order chi connectivity index (χ0) is 11.0. The van der Waals surface area contributed by atoms with Gasteiger partial charge in [0.25, 0.3) is 6.43 Å². The van der Waals surface area contributed by atoms with E-state index in [1.54, 1.807) is 0 Å². The van der Waals surface area contributed by atoms with Gasteiger partial charge in [0.2, 0.25) is 0 Å². The van der Waals surface area contributed by atoms with Crippen molar-refractivity contribution in [3.8, 4) is 0 Å². The Bertz CT molecular complexity index is 524. The summed E-state index contributed by atoms with van der Waals surface area (Å²) in [4.78, 5) is 14.3. The maximum Gasteiger partial charge on any atom is 0.337 e. The summed E-state index contributed by atoms with van der Waals surface area (Å²) in [6.07, 6.45) is -0.0330. The third kappa shape index (κ3) is 1.68. The maximum atomic E-state index is 12.4. The second kappa shape index (κ2) is 3.54. The number of hydrogen-bond donors (Lipinski definition) is 1. The fourth-order valence-electron chi connectivity index (χ4n) is 1.26. The van der Waals surface area contributed by atoms with Crippen LogP contribution in [-0.2, 0) is 0 Å². The van der Waals surface area contributed by atoms with Gasteiger partial charge in [-0.1, -0.05) is 0 Å². The standard InChI is InChI=1S/C9H5F2NO2S/c10-8(11)6-1-4-5(9(13)14)2-12-3-7(4)15-6/h1-3,8H,(H,13,14). The molecule has 6 heteroatoms. The van der Waals surface area contributed by atoms with E-state index in [1.807, 2.05) is 0 Å². The van der Waals surface area contributed by atoms with Gasteiger partial charge in [-0.3, -0.25) is 4.98 Å². The van der Waals surface area contributed by atoms with E-state index in [2.05, 4.69) is 4.98 Å². The van der Waals surface area contributed by atoms with Crippen LogP contribution in [0.2, 0.25) is 0 Å². The summed E-state index contributed by atoms with van der Waals surface area (Å²) < 4.78 is 25.2. The highest BCUT2D eigenvalue weighted by atomic mass is 32.1. The minimum Gasteiger partial charge on any atom is -0.478 e. The molecular formula is C9H5F2NO2S. The molecule has 0 saturated heterocycles. The molecule has 15 heavy (non-hydrogen) atoms. The Morgan fingerprint density at radius 3 is 2.80 bits per heavy atom. The van der Waals surface area contributed by atoms with Gasteiger partial charge < -0.3 is 5.11 Å². The van der Waals surface area contributed by atoms with Crippen molar-refractivity contribution in [1.29, 1.82) is 0 Å². The molecule has 2 heterocycles. The molecule has 0 aliphatic heterocycles. The Morgan fingerprint density at radius 1 is 1.47 bits per heavy atom. The zero-order valence-corrected chi connectivity index (χ0v) is 8.09. The zero-order valence-electron chi connectivity index (χ0n) is 7.28. The quantitative estimate of drug-likeness (QED) is 0.861.